The van der Waals surface area contributed by atoms with E-state index in [4.69, 9.17) is 10.1 Å². The van der Waals surface area contributed by atoms with Crippen LogP contribution in [0.15, 0.2) is 35.6 Å². The third kappa shape index (κ3) is 5.84. The minimum Gasteiger partial charge on any atom is -0.508 e. The molecule has 0 unspecified atom stereocenters. The number of hydrogen-bond donors (Lipinski definition) is 3. The van der Waals surface area contributed by atoms with Crippen molar-refractivity contribution < 1.29 is 24.2 Å². The fourth-order valence-corrected chi connectivity index (χ4v) is 2.02. The molecule has 1 aromatic carbocycles. The fourth-order valence-electron chi connectivity index (χ4n) is 2.02. The maximum absolute atomic E-state index is 12.1. The monoisotopic (exact) mass is 360 g/mol. The van der Waals surface area contributed by atoms with Gasteiger partial charge in [0.1, 0.15) is 12.4 Å². The first-order chi connectivity index (χ1) is 11.9. The smallest absolute Gasteiger partial charge is 0.338 e. The molecule has 26 heavy (non-hydrogen) atoms. The van der Waals surface area contributed by atoms with Crippen molar-refractivity contribution in [3.8, 4) is 0 Å². The van der Waals surface area contributed by atoms with E-state index in [2.05, 4.69) is 5.32 Å². The topological polar surface area (TPSA) is 117 Å². The molecule has 0 saturated heterocycles. The van der Waals surface area contributed by atoms with Crippen LogP contribution in [0.5, 0.6) is 0 Å². The van der Waals surface area contributed by atoms with Crippen LogP contribution < -0.4 is 5.32 Å². The number of aliphatic hydroxyl groups is 1. The number of allylic oxidation sites excluding steroid dienone is 1. The summed E-state index contributed by atoms with van der Waals surface area (Å²) in [7, 11) is 0. The number of ketones is 1. The molecule has 1 aromatic rings. The highest BCUT2D eigenvalue weighted by Crippen LogP contribution is 2.18. The number of ether oxygens (including phenoxy) is 1. The Morgan fingerprint density at radius 3 is 2.31 bits per heavy atom. The molecule has 1 amide bonds. The Hall–Kier alpha value is -2.96. The molecule has 7 nitrogen and oxygen atoms in total. The zero-order valence-corrected chi connectivity index (χ0v) is 15.6. The Kier molecular flexibility index (Phi) is 6.83. The lowest BCUT2D eigenvalue weighted by Gasteiger charge is -2.17. The molecule has 1 rings (SSSR count). The van der Waals surface area contributed by atoms with E-state index in [0.717, 1.165) is 0 Å². The number of carbonyl (C=O) groups is 3. The quantitative estimate of drug-likeness (QED) is 0.311. The van der Waals surface area contributed by atoms with Crippen LogP contribution in [0.3, 0.4) is 0 Å². The van der Waals surface area contributed by atoms with Gasteiger partial charge in [-0.3, -0.25) is 9.59 Å². The molecule has 7 heteroatoms. The van der Waals surface area contributed by atoms with Gasteiger partial charge in [0.15, 0.2) is 5.78 Å². The number of rotatable bonds is 6. The van der Waals surface area contributed by atoms with E-state index in [9.17, 15) is 19.5 Å². The normalized spacial score (nSPS) is 12.0. The van der Waals surface area contributed by atoms with E-state index in [1.165, 1.54) is 26.0 Å². The van der Waals surface area contributed by atoms with Crippen LogP contribution in [0.1, 0.15) is 45.0 Å². The van der Waals surface area contributed by atoms with E-state index < -0.39 is 29.5 Å². The molecule has 0 atom stereocenters. The Labute approximate surface area is 152 Å². The van der Waals surface area contributed by atoms with E-state index >= 15 is 0 Å². The predicted molar refractivity (Wildman–Crippen MR) is 98.5 cm³/mol. The lowest BCUT2D eigenvalue weighted by Crippen LogP contribution is -2.27. The first-order valence-electron chi connectivity index (χ1n) is 8.00. The first kappa shape index (κ1) is 21.1. The van der Waals surface area contributed by atoms with E-state index in [1.807, 2.05) is 0 Å². The zero-order chi connectivity index (χ0) is 20.1. The minimum atomic E-state index is -0.728. The van der Waals surface area contributed by atoms with Gasteiger partial charge in [0, 0.05) is 16.8 Å². The number of nitrogens with one attached hydrogen (secondary N) is 2. The average Bonchev–Trinajstić information content (AvgIpc) is 2.51. The summed E-state index contributed by atoms with van der Waals surface area (Å²) in [6, 6.07) is 6.20. The standard InChI is InChI=1S/C19H24N2O5/c1-11(20)16(12(2)22)15(23)10-26-17(24)13-7-6-8-14(9-13)21-18(25)19(3,4)5/h6-9,20,23H,10H2,1-5H3,(H,21,25)/b16-15-,20-11?. The van der Waals surface area contributed by atoms with Gasteiger partial charge in [-0.1, -0.05) is 26.8 Å². The lowest BCUT2D eigenvalue weighted by molar-refractivity contribution is -0.123. The van der Waals surface area contributed by atoms with Crippen molar-refractivity contribution in [3.05, 3.63) is 41.2 Å². The third-order valence-corrected chi connectivity index (χ3v) is 3.39. The van der Waals surface area contributed by atoms with Crippen LogP contribution in [0, 0.1) is 10.8 Å². The molecular weight excluding hydrogens is 336 g/mol. The van der Waals surface area contributed by atoms with Crippen LogP contribution in [0.25, 0.3) is 0 Å². The maximum Gasteiger partial charge on any atom is 0.338 e. The van der Waals surface area contributed by atoms with Crippen molar-refractivity contribution >= 4 is 29.1 Å². The molecule has 0 saturated carbocycles. The van der Waals surface area contributed by atoms with Gasteiger partial charge in [0.25, 0.3) is 0 Å². The molecule has 0 fully saturated rings. The minimum absolute atomic E-state index is 0.113. The number of Topliss-reactive ketones (excluding diaryl/α,β-unsaturated/α-hetero) is 1. The number of benzene rings is 1. The largest absolute Gasteiger partial charge is 0.508 e. The van der Waals surface area contributed by atoms with E-state index in [-0.39, 0.29) is 22.8 Å². The highest BCUT2D eigenvalue weighted by Gasteiger charge is 2.21. The van der Waals surface area contributed by atoms with Gasteiger partial charge in [-0.05, 0) is 32.0 Å². The lowest BCUT2D eigenvalue weighted by atomic mass is 9.95. The number of aliphatic hydroxyl groups excluding tert-OH is 1. The fraction of sp³-hybridized carbons (Fsp3) is 0.368. The molecular formula is C19H24N2O5. The predicted octanol–water partition coefficient (Wildman–Crippen LogP) is 3.27. The molecule has 3 N–H and O–H groups in total. The van der Waals surface area contributed by atoms with Gasteiger partial charge in [0.05, 0.1) is 11.1 Å². The van der Waals surface area contributed by atoms with Gasteiger partial charge >= 0.3 is 5.97 Å². The summed E-state index contributed by atoms with van der Waals surface area (Å²) >= 11 is 0. The van der Waals surface area contributed by atoms with Crippen LogP contribution in [-0.2, 0) is 14.3 Å². The summed E-state index contributed by atoms with van der Waals surface area (Å²) in [5, 5.41) is 20.1. The SMILES string of the molecule is CC(=N)/C(C(C)=O)=C(/O)COC(=O)c1cccc(NC(=O)C(C)(C)C)c1. The summed E-state index contributed by atoms with van der Waals surface area (Å²) < 4.78 is 4.99. The van der Waals surface area contributed by atoms with Gasteiger partial charge < -0.3 is 20.6 Å². The highest BCUT2D eigenvalue weighted by molar-refractivity contribution is 6.20. The average molecular weight is 360 g/mol. The van der Waals surface area contributed by atoms with Gasteiger partial charge in [-0.25, -0.2) is 4.79 Å². The summed E-state index contributed by atoms with van der Waals surface area (Å²) in [6.45, 7) is 7.36. The number of hydrogen-bond acceptors (Lipinski definition) is 6. The molecule has 0 aliphatic carbocycles. The number of carbonyl (C=O) groups excluding carboxylic acids is 3. The summed E-state index contributed by atoms with van der Waals surface area (Å²) in [6.07, 6.45) is 0. The van der Waals surface area contributed by atoms with Crippen molar-refractivity contribution in [3.63, 3.8) is 0 Å². The van der Waals surface area contributed by atoms with Crippen molar-refractivity contribution in [2.24, 2.45) is 5.41 Å². The number of amides is 1. The highest BCUT2D eigenvalue weighted by atomic mass is 16.5. The zero-order valence-electron chi connectivity index (χ0n) is 15.6. The summed E-state index contributed by atoms with van der Waals surface area (Å²) in [5.74, 6) is -1.89. The molecule has 140 valence electrons. The molecule has 0 aliphatic heterocycles. The Morgan fingerprint density at radius 2 is 1.81 bits per heavy atom. The summed E-state index contributed by atoms with van der Waals surface area (Å²) in [5.41, 5.74) is -0.248. The van der Waals surface area contributed by atoms with E-state index in [1.54, 1.807) is 32.9 Å². The van der Waals surface area contributed by atoms with Crippen LogP contribution in [0.4, 0.5) is 5.69 Å². The van der Waals surface area contributed by atoms with Crippen LogP contribution in [0.2, 0.25) is 0 Å². The van der Waals surface area contributed by atoms with Crippen LogP contribution >= 0.6 is 0 Å². The van der Waals surface area contributed by atoms with Crippen molar-refractivity contribution in [1.82, 2.24) is 0 Å². The van der Waals surface area contributed by atoms with Gasteiger partial charge in [0.2, 0.25) is 5.91 Å². The van der Waals surface area contributed by atoms with Crippen LogP contribution in [-0.4, -0.2) is 35.1 Å². The third-order valence-electron chi connectivity index (χ3n) is 3.39. The number of esters is 1. The molecule has 0 bridgehead atoms. The van der Waals surface area contributed by atoms with E-state index in [0.29, 0.717) is 5.69 Å². The molecule has 0 aromatic heterocycles. The second-order valence-electron chi connectivity index (χ2n) is 6.86. The van der Waals surface area contributed by atoms with Crippen molar-refractivity contribution in [2.45, 2.75) is 34.6 Å². The second kappa shape index (κ2) is 8.42. The van der Waals surface area contributed by atoms with Gasteiger partial charge in [-0.2, -0.15) is 0 Å². The Bertz CT molecular complexity index is 756. The molecule has 0 heterocycles. The van der Waals surface area contributed by atoms with Crippen molar-refractivity contribution in [2.75, 3.05) is 11.9 Å². The Balaban J connectivity index is 2.88. The number of anilines is 1. The second-order valence-corrected chi connectivity index (χ2v) is 6.86. The molecule has 0 radical (unpaired) electrons. The molecule has 0 spiro atoms. The summed E-state index contributed by atoms with van der Waals surface area (Å²) in [4.78, 5) is 35.6. The Morgan fingerprint density at radius 1 is 1.19 bits per heavy atom. The van der Waals surface area contributed by atoms with Crippen molar-refractivity contribution in [1.29, 1.82) is 5.41 Å². The van der Waals surface area contributed by atoms with Gasteiger partial charge in [-0.15, -0.1) is 0 Å². The maximum atomic E-state index is 12.1. The molecule has 0 aliphatic rings. The first-order valence-corrected chi connectivity index (χ1v) is 8.00.